The van der Waals surface area contributed by atoms with Crippen molar-refractivity contribution in [2.24, 2.45) is 0 Å². The number of methoxy groups -OCH3 is 1. The lowest BCUT2D eigenvalue weighted by atomic mass is 10.2. The normalized spacial score (nSPS) is 10.5. The SMILES string of the molecule is CCOC(=O)/C(C#N)=C/Nc1ccc(OCC)c(OC)c1. The van der Waals surface area contributed by atoms with Gasteiger partial charge in [-0.1, -0.05) is 0 Å². The molecule has 1 N–H and O–H groups in total. The van der Waals surface area contributed by atoms with Gasteiger partial charge in [-0.05, 0) is 26.0 Å². The van der Waals surface area contributed by atoms with Gasteiger partial charge in [0.25, 0.3) is 0 Å². The summed E-state index contributed by atoms with van der Waals surface area (Å²) in [5.41, 5.74) is 0.553. The van der Waals surface area contributed by atoms with E-state index in [4.69, 9.17) is 19.5 Å². The van der Waals surface area contributed by atoms with Crippen molar-refractivity contribution < 1.29 is 19.0 Å². The van der Waals surface area contributed by atoms with Crippen molar-refractivity contribution in [1.29, 1.82) is 5.26 Å². The second-order valence-electron chi connectivity index (χ2n) is 3.83. The van der Waals surface area contributed by atoms with Gasteiger partial charge in [-0.25, -0.2) is 4.79 Å². The van der Waals surface area contributed by atoms with Crippen molar-refractivity contribution in [3.05, 3.63) is 30.0 Å². The van der Waals surface area contributed by atoms with Crippen LogP contribution in [-0.4, -0.2) is 26.3 Å². The zero-order valence-corrected chi connectivity index (χ0v) is 12.3. The van der Waals surface area contributed by atoms with Gasteiger partial charge in [0.2, 0.25) is 0 Å². The zero-order chi connectivity index (χ0) is 15.7. The van der Waals surface area contributed by atoms with Gasteiger partial charge in [0.05, 0.1) is 20.3 Å². The molecule has 0 spiro atoms. The Bertz CT molecular complexity index is 561. The number of carbonyl (C=O) groups excluding carboxylic acids is 1. The number of nitrogens with zero attached hydrogens (tertiary/aromatic N) is 1. The highest BCUT2D eigenvalue weighted by Crippen LogP contribution is 2.30. The summed E-state index contributed by atoms with van der Waals surface area (Å²) in [4.78, 5) is 11.5. The Labute approximate surface area is 123 Å². The summed E-state index contributed by atoms with van der Waals surface area (Å²) in [6.07, 6.45) is 1.30. The van der Waals surface area contributed by atoms with Gasteiger partial charge in [-0.15, -0.1) is 0 Å². The van der Waals surface area contributed by atoms with Gasteiger partial charge in [-0.3, -0.25) is 0 Å². The summed E-state index contributed by atoms with van der Waals surface area (Å²) in [6.45, 7) is 4.31. The van der Waals surface area contributed by atoms with Crippen LogP contribution in [0.5, 0.6) is 11.5 Å². The van der Waals surface area contributed by atoms with Crippen LogP contribution < -0.4 is 14.8 Å². The Balaban J connectivity index is 2.88. The third-order valence-corrected chi connectivity index (χ3v) is 2.46. The fraction of sp³-hybridized carbons (Fsp3) is 0.333. The number of nitriles is 1. The van der Waals surface area contributed by atoms with Gasteiger partial charge in [0.1, 0.15) is 6.07 Å². The Morgan fingerprint density at radius 3 is 2.67 bits per heavy atom. The Kier molecular flexibility index (Phi) is 6.61. The molecular weight excluding hydrogens is 272 g/mol. The van der Waals surface area contributed by atoms with E-state index in [0.29, 0.717) is 23.8 Å². The molecule has 0 aliphatic rings. The van der Waals surface area contributed by atoms with Crippen LogP contribution in [0.3, 0.4) is 0 Å². The van der Waals surface area contributed by atoms with Crippen molar-refractivity contribution in [1.82, 2.24) is 0 Å². The standard InChI is InChI=1S/C15H18N2O4/c1-4-20-13-7-6-12(8-14(13)19-3)17-10-11(9-16)15(18)21-5-2/h6-8,10,17H,4-5H2,1-3H3/b11-10+. The maximum atomic E-state index is 11.5. The van der Waals surface area contributed by atoms with Crippen LogP contribution in [0.25, 0.3) is 0 Å². The zero-order valence-electron chi connectivity index (χ0n) is 12.3. The average Bonchev–Trinajstić information content (AvgIpc) is 2.49. The number of esters is 1. The first-order valence-corrected chi connectivity index (χ1v) is 6.51. The minimum atomic E-state index is -0.662. The number of ether oxygens (including phenoxy) is 3. The molecule has 0 bridgehead atoms. The van der Waals surface area contributed by atoms with E-state index in [1.807, 2.05) is 6.92 Å². The molecule has 1 aromatic carbocycles. The number of carbonyl (C=O) groups is 1. The van der Waals surface area contributed by atoms with Crippen molar-refractivity contribution in [2.45, 2.75) is 13.8 Å². The Hall–Kier alpha value is -2.68. The molecule has 0 aliphatic heterocycles. The largest absolute Gasteiger partial charge is 0.493 e. The third kappa shape index (κ3) is 4.73. The molecule has 0 heterocycles. The lowest BCUT2D eigenvalue weighted by Crippen LogP contribution is -2.08. The molecule has 1 rings (SSSR count). The van der Waals surface area contributed by atoms with E-state index in [9.17, 15) is 4.79 Å². The number of benzene rings is 1. The average molecular weight is 290 g/mol. The monoisotopic (exact) mass is 290 g/mol. The fourth-order valence-electron chi connectivity index (χ4n) is 1.53. The summed E-state index contributed by atoms with van der Waals surface area (Å²) in [5, 5.41) is 11.8. The molecule has 0 amide bonds. The minimum absolute atomic E-state index is 0.107. The molecule has 1 aromatic rings. The molecule has 6 nitrogen and oxygen atoms in total. The number of nitrogens with one attached hydrogen (secondary N) is 1. The highest BCUT2D eigenvalue weighted by Gasteiger charge is 2.10. The third-order valence-electron chi connectivity index (χ3n) is 2.46. The van der Waals surface area contributed by atoms with Crippen LogP contribution in [0.4, 0.5) is 5.69 Å². The Morgan fingerprint density at radius 1 is 1.33 bits per heavy atom. The first-order valence-electron chi connectivity index (χ1n) is 6.51. The van der Waals surface area contributed by atoms with E-state index >= 15 is 0 Å². The van der Waals surface area contributed by atoms with Gasteiger partial charge < -0.3 is 19.5 Å². The number of hydrogen-bond donors (Lipinski definition) is 1. The Morgan fingerprint density at radius 2 is 2.10 bits per heavy atom. The van der Waals surface area contributed by atoms with E-state index in [1.165, 1.54) is 13.3 Å². The smallest absolute Gasteiger partial charge is 0.350 e. The van der Waals surface area contributed by atoms with Crippen LogP contribution in [0.2, 0.25) is 0 Å². The molecule has 0 fully saturated rings. The van der Waals surface area contributed by atoms with Crippen molar-refractivity contribution in [3.8, 4) is 17.6 Å². The van der Waals surface area contributed by atoms with E-state index < -0.39 is 5.97 Å². The first kappa shape index (κ1) is 16.4. The maximum absolute atomic E-state index is 11.5. The number of rotatable bonds is 7. The first-order chi connectivity index (χ1) is 10.2. The van der Waals surface area contributed by atoms with Crippen LogP contribution in [-0.2, 0) is 9.53 Å². The molecule has 21 heavy (non-hydrogen) atoms. The molecular formula is C15H18N2O4. The molecule has 0 aromatic heterocycles. The molecule has 0 aliphatic carbocycles. The van der Waals surface area contributed by atoms with Crippen molar-refractivity contribution >= 4 is 11.7 Å². The molecule has 0 radical (unpaired) electrons. The molecule has 6 heteroatoms. The van der Waals surface area contributed by atoms with Crippen LogP contribution in [0, 0.1) is 11.3 Å². The highest BCUT2D eigenvalue weighted by atomic mass is 16.5. The minimum Gasteiger partial charge on any atom is -0.493 e. The van der Waals surface area contributed by atoms with Gasteiger partial charge >= 0.3 is 5.97 Å². The van der Waals surface area contributed by atoms with Gasteiger partial charge in [0.15, 0.2) is 17.1 Å². The molecule has 0 atom stereocenters. The molecule has 0 unspecified atom stereocenters. The second-order valence-corrected chi connectivity index (χ2v) is 3.83. The summed E-state index contributed by atoms with van der Waals surface area (Å²) in [7, 11) is 1.54. The summed E-state index contributed by atoms with van der Waals surface area (Å²) < 4.78 is 15.4. The van der Waals surface area contributed by atoms with Gasteiger partial charge in [-0.2, -0.15) is 5.26 Å². The quantitative estimate of drug-likeness (QED) is 0.472. The summed E-state index contributed by atoms with van der Waals surface area (Å²) in [6, 6.07) is 6.99. The molecule has 0 saturated carbocycles. The molecule has 0 saturated heterocycles. The lowest BCUT2D eigenvalue weighted by molar-refractivity contribution is -0.138. The van der Waals surface area contributed by atoms with Crippen molar-refractivity contribution in [3.63, 3.8) is 0 Å². The lowest BCUT2D eigenvalue weighted by Gasteiger charge is -2.11. The summed E-state index contributed by atoms with van der Waals surface area (Å²) >= 11 is 0. The van der Waals surface area contributed by atoms with Crippen molar-refractivity contribution in [2.75, 3.05) is 25.6 Å². The summed E-state index contributed by atoms with van der Waals surface area (Å²) in [5.74, 6) is 0.524. The van der Waals surface area contributed by atoms with E-state index in [2.05, 4.69) is 5.32 Å². The second kappa shape index (κ2) is 8.48. The van der Waals surface area contributed by atoms with E-state index in [1.54, 1.807) is 31.2 Å². The van der Waals surface area contributed by atoms with Crippen LogP contribution >= 0.6 is 0 Å². The predicted octanol–water partition coefficient (Wildman–Crippen LogP) is 2.48. The maximum Gasteiger partial charge on any atom is 0.350 e. The highest BCUT2D eigenvalue weighted by molar-refractivity contribution is 5.93. The molecule has 112 valence electrons. The number of hydrogen-bond acceptors (Lipinski definition) is 6. The topological polar surface area (TPSA) is 80.6 Å². The van der Waals surface area contributed by atoms with Crippen LogP contribution in [0.1, 0.15) is 13.8 Å². The number of anilines is 1. The fourth-order valence-corrected chi connectivity index (χ4v) is 1.53. The van der Waals surface area contributed by atoms with E-state index in [0.717, 1.165) is 0 Å². The van der Waals surface area contributed by atoms with E-state index in [-0.39, 0.29) is 12.2 Å². The van der Waals surface area contributed by atoms with Gasteiger partial charge in [0, 0.05) is 18.0 Å². The predicted molar refractivity (Wildman–Crippen MR) is 78.1 cm³/mol. The van der Waals surface area contributed by atoms with Crippen LogP contribution in [0.15, 0.2) is 30.0 Å².